The summed E-state index contributed by atoms with van der Waals surface area (Å²) in [5.41, 5.74) is 2.09. The van der Waals surface area contributed by atoms with E-state index < -0.39 is 6.10 Å². The summed E-state index contributed by atoms with van der Waals surface area (Å²) < 4.78 is 17.0. The van der Waals surface area contributed by atoms with Crippen LogP contribution in [0.25, 0.3) is 11.4 Å². The molecule has 1 atom stereocenters. The molecule has 160 valence electrons. The number of para-hydroxylation sites is 2. The van der Waals surface area contributed by atoms with Gasteiger partial charge in [0, 0.05) is 31.7 Å². The summed E-state index contributed by atoms with van der Waals surface area (Å²) >= 11 is 0. The molecule has 3 aromatic rings. The van der Waals surface area contributed by atoms with E-state index in [1.807, 2.05) is 60.4 Å². The van der Waals surface area contributed by atoms with Gasteiger partial charge >= 0.3 is 0 Å². The van der Waals surface area contributed by atoms with Crippen molar-refractivity contribution in [2.75, 3.05) is 32.8 Å². The van der Waals surface area contributed by atoms with Gasteiger partial charge in [-0.15, -0.1) is 0 Å². The maximum atomic E-state index is 12.9. The molecule has 1 fully saturated rings. The number of carbonyl (C=O) groups is 1. The van der Waals surface area contributed by atoms with Gasteiger partial charge < -0.3 is 18.9 Å². The van der Waals surface area contributed by atoms with Crippen LogP contribution in [0.2, 0.25) is 0 Å². The molecular weight excluding hydrogens is 396 g/mol. The minimum absolute atomic E-state index is 0.0335. The summed E-state index contributed by atoms with van der Waals surface area (Å²) in [6.07, 6.45) is -0.603. The number of piperazine rings is 1. The van der Waals surface area contributed by atoms with E-state index in [1.54, 1.807) is 0 Å². The van der Waals surface area contributed by atoms with Crippen molar-refractivity contribution in [1.29, 1.82) is 0 Å². The van der Waals surface area contributed by atoms with Crippen LogP contribution in [0.4, 0.5) is 0 Å². The highest BCUT2D eigenvalue weighted by Gasteiger charge is 2.32. The highest BCUT2D eigenvalue weighted by molar-refractivity contribution is 5.82. The molecular formula is C23H24N4O4. The molecule has 1 amide bonds. The molecule has 8 heteroatoms. The number of fused-ring (bicyclic) bond motifs is 1. The van der Waals surface area contributed by atoms with E-state index in [0.717, 1.165) is 24.2 Å². The zero-order chi connectivity index (χ0) is 21.2. The van der Waals surface area contributed by atoms with Gasteiger partial charge in [0.15, 0.2) is 11.5 Å². The van der Waals surface area contributed by atoms with E-state index in [-0.39, 0.29) is 12.5 Å². The van der Waals surface area contributed by atoms with E-state index in [9.17, 15) is 4.79 Å². The second-order valence-corrected chi connectivity index (χ2v) is 7.79. The van der Waals surface area contributed by atoms with Crippen LogP contribution in [0, 0.1) is 6.92 Å². The number of nitrogens with zero attached hydrogens (tertiary/aromatic N) is 4. The second-order valence-electron chi connectivity index (χ2n) is 7.79. The van der Waals surface area contributed by atoms with Crippen LogP contribution < -0.4 is 9.47 Å². The third kappa shape index (κ3) is 4.11. The van der Waals surface area contributed by atoms with Crippen LogP contribution in [0.1, 0.15) is 11.5 Å². The molecule has 0 spiro atoms. The Morgan fingerprint density at radius 1 is 1.03 bits per heavy atom. The minimum Gasteiger partial charge on any atom is -0.485 e. The maximum Gasteiger partial charge on any atom is 0.267 e. The minimum atomic E-state index is -0.603. The van der Waals surface area contributed by atoms with Crippen molar-refractivity contribution < 1.29 is 18.8 Å². The lowest BCUT2D eigenvalue weighted by Crippen LogP contribution is -2.53. The van der Waals surface area contributed by atoms with Gasteiger partial charge in [0.2, 0.25) is 17.8 Å². The van der Waals surface area contributed by atoms with E-state index in [0.29, 0.717) is 42.8 Å². The molecule has 0 bridgehead atoms. The van der Waals surface area contributed by atoms with Crippen molar-refractivity contribution in [3.63, 3.8) is 0 Å². The lowest BCUT2D eigenvalue weighted by molar-refractivity contribution is -0.143. The fourth-order valence-corrected chi connectivity index (χ4v) is 3.91. The van der Waals surface area contributed by atoms with E-state index in [2.05, 4.69) is 15.0 Å². The van der Waals surface area contributed by atoms with Gasteiger partial charge in [0.05, 0.1) is 6.54 Å². The van der Waals surface area contributed by atoms with Gasteiger partial charge in [0.1, 0.15) is 6.61 Å². The number of aromatic nitrogens is 2. The van der Waals surface area contributed by atoms with Crippen molar-refractivity contribution in [3.05, 3.63) is 60.0 Å². The smallest absolute Gasteiger partial charge is 0.267 e. The Balaban J connectivity index is 1.15. The van der Waals surface area contributed by atoms with Gasteiger partial charge in [-0.3, -0.25) is 9.69 Å². The molecule has 3 heterocycles. The monoisotopic (exact) mass is 420 g/mol. The van der Waals surface area contributed by atoms with E-state index >= 15 is 0 Å². The quantitative estimate of drug-likeness (QED) is 0.642. The summed E-state index contributed by atoms with van der Waals surface area (Å²) in [6, 6.07) is 15.4. The normalized spacial score (nSPS) is 18.7. The molecule has 31 heavy (non-hydrogen) atoms. The maximum absolute atomic E-state index is 12.9. The standard InChI is InChI=1S/C23H24N4O4/c1-16-6-2-3-7-17(16)22-24-21(31-25-22)14-26-10-12-27(13-11-26)23(28)20-15-29-18-8-4-5-9-19(18)30-20/h2-9,20H,10-15H2,1H3/t20-/m0/s1. The highest BCUT2D eigenvalue weighted by Crippen LogP contribution is 2.31. The number of ether oxygens (including phenoxy) is 2. The van der Waals surface area contributed by atoms with E-state index in [1.165, 1.54) is 0 Å². The Morgan fingerprint density at radius 3 is 2.58 bits per heavy atom. The number of amides is 1. The van der Waals surface area contributed by atoms with Crippen LogP contribution in [0.15, 0.2) is 53.1 Å². The van der Waals surface area contributed by atoms with Crippen LogP contribution in [0.3, 0.4) is 0 Å². The zero-order valence-electron chi connectivity index (χ0n) is 17.4. The molecule has 8 nitrogen and oxygen atoms in total. The van der Waals surface area contributed by atoms with Gasteiger partial charge in [-0.1, -0.05) is 41.6 Å². The van der Waals surface area contributed by atoms with Crippen molar-refractivity contribution in [3.8, 4) is 22.9 Å². The third-order valence-electron chi connectivity index (χ3n) is 5.68. The Morgan fingerprint density at radius 2 is 1.77 bits per heavy atom. The fourth-order valence-electron chi connectivity index (χ4n) is 3.91. The molecule has 0 radical (unpaired) electrons. The molecule has 0 unspecified atom stereocenters. The second kappa shape index (κ2) is 8.39. The lowest BCUT2D eigenvalue weighted by atomic mass is 10.1. The number of rotatable bonds is 4. The first-order valence-corrected chi connectivity index (χ1v) is 10.5. The molecule has 0 saturated carbocycles. The van der Waals surface area contributed by atoms with Crippen LogP contribution in [-0.2, 0) is 11.3 Å². The first kappa shape index (κ1) is 19.6. The number of aryl methyl sites for hydroxylation is 1. The largest absolute Gasteiger partial charge is 0.485 e. The molecule has 2 aliphatic heterocycles. The van der Waals surface area contributed by atoms with Gasteiger partial charge in [-0.05, 0) is 24.6 Å². The fraction of sp³-hybridized carbons (Fsp3) is 0.348. The number of hydrogen-bond acceptors (Lipinski definition) is 7. The van der Waals surface area contributed by atoms with Gasteiger partial charge in [-0.25, -0.2) is 0 Å². The molecule has 1 aromatic heterocycles. The number of benzene rings is 2. The first-order valence-electron chi connectivity index (χ1n) is 10.5. The molecule has 0 aliphatic carbocycles. The van der Waals surface area contributed by atoms with Crippen molar-refractivity contribution in [2.45, 2.75) is 19.6 Å². The summed E-state index contributed by atoms with van der Waals surface area (Å²) in [7, 11) is 0. The predicted octanol–water partition coefficient (Wildman–Crippen LogP) is 2.53. The topological polar surface area (TPSA) is 80.9 Å². The average molecular weight is 420 g/mol. The SMILES string of the molecule is Cc1ccccc1-c1noc(CN2CCN(C(=O)[C@@H]3COc4ccccc4O3)CC2)n1. The zero-order valence-corrected chi connectivity index (χ0v) is 17.4. The molecule has 0 N–H and O–H groups in total. The number of hydrogen-bond donors (Lipinski definition) is 0. The first-order chi connectivity index (χ1) is 15.2. The molecule has 2 aromatic carbocycles. The van der Waals surface area contributed by atoms with Gasteiger partial charge in [0.25, 0.3) is 5.91 Å². The summed E-state index contributed by atoms with van der Waals surface area (Å²) in [6.45, 7) is 5.55. The summed E-state index contributed by atoms with van der Waals surface area (Å²) in [5, 5.41) is 4.13. The third-order valence-corrected chi connectivity index (χ3v) is 5.68. The van der Waals surface area contributed by atoms with Crippen LogP contribution >= 0.6 is 0 Å². The van der Waals surface area contributed by atoms with E-state index in [4.69, 9.17) is 14.0 Å². The Hall–Kier alpha value is -3.39. The van der Waals surface area contributed by atoms with Crippen molar-refractivity contribution in [2.24, 2.45) is 0 Å². The summed E-state index contributed by atoms with van der Waals surface area (Å²) in [5.74, 6) is 2.46. The van der Waals surface area contributed by atoms with Crippen molar-refractivity contribution in [1.82, 2.24) is 19.9 Å². The van der Waals surface area contributed by atoms with Crippen LogP contribution in [0.5, 0.6) is 11.5 Å². The predicted molar refractivity (Wildman–Crippen MR) is 113 cm³/mol. The molecule has 2 aliphatic rings. The Labute approximate surface area is 180 Å². The number of carbonyl (C=O) groups excluding carboxylic acids is 1. The van der Waals surface area contributed by atoms with Gasteiger partial charge in [-0.2, -0.15) is 4.98 Å². The molecule has 1 saturated heterocycles. The van der Waals surface area contributed by atoms with Crippen molar-refractivity contribution >= 4 is 5.91 Å². The average Bonchev–Trinajstić information content (AvgIpc) is 3.27. The lowest BCUT2D eigenvalue weighted by Gasteiger charge is -2.36. The Kier molecular flexibility index (Phi) is 5.30. The highest BCUT2D eigenvalue weighted by atomic mass is 16.6. The summed E-state index contributed by atoms with van der Waals surface area (Å²) in [4.78, 5) is 21.5. The van der Waals surface area contributed by atoms with Crippen LogP contribution in [-0.4, -0.2) is 64.7 Å². The Bertz CT molecular complexity index is 1070. The molecule has 5 rings (SSSR count).